The minimum Gasteiger partial charge on any atom is -0.469 e. The summed E-state index contributed by atoms with van der Waals surface area (Å²) >= 11 is 9.42. The van der Waals surface area contributed by atoms with Gasteiger partial charge in [0, 0.05) is 10.4 Å². The van der Waals surface area contributed by atoms with Gasteiger partial charge in [-0.15, -0.1) is 0 Å². The zero-order chi connectivity index (χ0) is 11.3. The number of ether oxygens (including phenoxy) is 1. The van der Waals surface area contributed by atoms with Gasteiger partial charge in [-0.3, -0.25) is 4.79 Å². The number of carbonyl (C=O) groups is 1. The Hall–Kier alpha value is -0.540. The third-order valence-corrected chi connectivity index (χ3v) is 2.87. The number of esters is 1. The van der Waals surface area contributed by atoms with Crippen molar-refractivity contribution < 1.29 is 9.53 Å². The average molecular weight is 292 g/mol. The first kappa shape index (κ1) is 12.5. The smallest absolute Gasteiger partial charge is 0.309 e. The standard InChI is InChI=1S/C11H12BrClO2/c1-15-11(14)7-8-3-2-4-10(13)9(8)5-6-12/h2-4H,5-7H2,1H3. The highest BCUT2D eigenvalue weighted by Gasteiger charge is 2.10. The summed E-state index contributed by atoms with van der Waals surface area (Å²) in [5, 5.41) is 1.53. The lowest BCUT2D eigenvalue weighted by Gasteiger charge is -2.09. The SMILES string of the molecule is COC(=O)Cc1cccc(Cl)c1CCBr. The Morgan fingerprint density at radius 1 is 1.53 bits per heavy atom. The summed E-state index contributed by atoms with van der Waals surface area (Å²) < 4.78 is 4.63. The van der Waals surface area contributed by atoms with Gasteiger partial charge in [-0.25, -0.2) is 0 Å². The van der Waals surface area contributed by atoms with Gasteiger partial charge in [0.05, 0.1) is 13.5 Å². The zero-order valence-corrected chi connectivity index (χ0v) is 10.8. The molecule has 0 bridgehead atoms. The van der Waals surface area contributed by atoms with Crippen LogP contribution >= 0.6 is 27.5 Å². The number of halogens is 2. The number of alkyl halides is 1. The molecule has 0 unspecified atom stereocenters. The first-order chi connectivity index (χ1) is 7.19. The second-order valence-electron chi connectivity index (χ2n) is 3.07. The molecule has 0 aliphatic carbocycles. The fourth-order valence-electron chi connectivity index (χ4n) is 1.37. The third-order valence-electron chi connectivity index (χ3n) is 2.12. The quantitative estimate of drug-likeness (QED) is 0.630. The van der Waals surface area contributed by atoms with Crippen molar-refractivity contribution in [3.8, 4) is 0 Å². The molecule has 82 valence electrons. The Morgan fingerprint density at radius 3 is 2.87 bits per heavy atom. The van der Waals surface area contributed by atoms with E-state index in [9.17, 15) is 4.79 Å². The van der Waals surface area contributed by atoms with E-state index in [1.54, 1.807) is 0 Å². The highest BCUT2D eigenvalue weighted by atomic mass is 79.9. The fraction of sp³-hybridized carbons (Fsp3) is 0.364. The van der Waals surface area contributed by atoms with E-state index in [4.69, 9.17) is 11.6 Å². The van der Waals surface area contributed by atoms with Crippen molar-refractivity contribution in [1.82, 2.24) is 0 Å². The summed E-state index contributed by atoms with van der Waals surface area (Å²) in [7, 11) is 1.39. The molecule has 1 rings (SSSR count). The topological polar surface area (TPSA) is 26.3 Å². The molecule has 1 aromatic rings. The molecule has 0 saturated carbocycles. The summed E-state index contributed by atoms with van der Waals surface area (Å²) in [4.78, 5) is 11.2. The molecule has 0 radical (unpaired) electrons. The number of benzene rings is 1. The van der Waals surface area contributed by atoms with Crippen LogP contribution in [0.2, 0.25) is 5.02 Å². The lowest BCUT2D eigenvalue weighted by Crippen LogP contribution is -2.07. The van der Waals surface area contributed by atoms with Crippen LogP contribution in [0.3, 0.4) is 0 Å². The van der Waals surface area contributed by atoms with Crippen molar-refractivity contribution in [2.75, 3.05) is 12.4 Å². The Morgan fingerprint density at radius 2 is 2.27 bits per heavy atom. The van der Waals surface area contributed by atoms with Crippen LogP contribution in [0.4, 0.5) is 0 Å². The maximum Gasteiger partial charge on any atom is 0.309 e. The van der Waals surface area contributed by atoms with Crippen LogP contribution in [-0.4, -0.2) is 18.4 Å². The molecule has 0 fully saturated rings. The van der Waals surface area contributed by atoms with Crippen molar-refractivity contribution in [3.05, 3.63) is 34.3 Å². The van der Waals surface area contributed by atoms with E-state index in [-0.39, 0.29) is 12.4 Å². The minimum atomic E-state index is -0.243. The second-order valence-corrected chi connectivity index (χ2v) is 4.27. The van der Waals surface area contributed by atoms with Crippen molar-refractivity contribution in [3.63, 3.8) is 0 Å². The summed E-state index contributed by atoms with van der Waals surface area (Å²) in [6, 6.07) is 5.58. The summed E-state index contributed by atoms with van der Waals surface area (Å²) in [6.45, 7) is 0. The van der Waals surface area contributed by atoms with E-state index < -0.39 is 0 Å². The van der Waals surface area contributed by atoms with E-state index in [1.807, 2.05) is 18.2 Å². The lowest BCUT2D eigenvalue weighted by molar-refractivity contribution is -0.139. The molecule has 0 aromatic heterocycles. The van der Waals surface area contributed by atoms with Crippen LogP contribution < -0.4 is 0 Å². The summed E-state index contributed by atoms with van der Waals surface area (Å²) in [6.07, 6.45) is 1.09. The Bertz CT molecular complexity index is 352. The predicted molar refractivity (Wildman–Crippen MR) is 64.7 cm³/mol. The molecular formula is C11H12BrClO2. The monoisotopic (exact) mass is 290 g/mol. The molecule has 0 atom stereocenters. The van der Waals surface area contributed by atoms with Gasteiger partial charge < -0.3 is 4.74 Å². The average Bonchev–Trinajstić information content (AvgIpc) is 2.23. The van der Waals surface area contributed by atoms with E-state index in [0.717, 1.165) is 22.9 Å². The Kier molecular flexibility index (Phi) is 5.12. The highest BCUT2D eigenvalue weighted by Crippen LogP contribution is 2.22. The fourth-order valence-corrected chi connectivity index (χ4v) is 2.06. The van der Waals surface area contributed by atoms with E-state index >= 15 is 0 Å². The molecule has 1 aromatic carbocycles. The maximum atomic E-state index is 11.2. The molecule has 4 heteroatoms. The van der Waals surface area contributed by atoms with Gasteiger partial charge in [-0.2, -0.15) is 0 Å². The predicted octanol–water partition coefficient (Wildman–Crippen LogP) is 2.99. The minimum absolute atomic E-state index is 0.243. The molecule has 0 heterocycles. The highest BCUT2D eigenvalue weighted by molar-refractivity contribution is 9.09. The summed E-state index contributed by atoms with van der Waals surface area (Å²) in [5.74, 6) is -0.243. The van der Waals surface area contributed by atoms with E-state index in [2.05, 4.69) is 20.7 Å². The Labute approximate surface area is 103 Å². The van der Waals surface area contributed by atoms with E-state index in [0.29, 0.717) is 5.02 Å². The maximum absolute atomic E-state index is 11.2. The molecule has 0 amide bonds. The lowest BCUT2D eigenvalue weighted by atomic mass is 10.0. The van der Waals surface area contributed by atoms with Crippen molar-refractivity contribution in [2.24, 2.45) is 0 Å². The number of methoxy groups -OCH3 is 1. The summed E-state index contributed by atoms with van der Waals surface area (Å²) in [5.41, 5.74) is 1.95. The van der Waals surface area contributed by atoms with Crippen molar-refractivity contribution in [2.45, 2.75) is 12.8 Å². The molecule has 0 aliphatic rings. The van der Waals surface area contributed by atoms with Crippen LogP contribution in [-0.2, 0) is 22.4 Å². The number of carbonyl (C=O) groups excluding carboxylic acids is 1. The largest absolute Gasteiger partial charge is 0.469 e. The molecular weight excluding hydrogens is 279 g/mol. The first-order valence-electron chi connectivity index (χ1n) is 4.58. The molecule has 2 nitrogen and oxygen atoms in total. The molecule has 15 heavy (non-hydrogen) atoms. The Balaban J connectivity index is 2.94. The van der Waals surface area contributed by atoms with Crippen LogP contribution in [0, 0.1) is 0 Å². The van der Waals surface area contributed by atoms with E-state index in [1.165, 1.54) is 7.11 Å². The van der Waals surface area contributed by atoms with Crippen molar-refractivity contribution >= 4 is 33.5 Å². The van der Waals surface area contributed by atoms with Crippen LogP contribution in [0.5, 0.6) is 0 Å². The van der Waals surface area contributed by atoms with Gasteiger partial charge in [0.2, 0.25) is 0 Å². The van der Waals surface area contributed by atoms with Gasteiger partial charge in [-0.1, -0.05) is 39.7 Å². The van der Waals surface area contributed by atoms with Crippen LogP contribution in [0.15, 0.2) is 18.2 Å². The van der Waals surface area contributed by atoms with Gasteiger partial charge in [0.15, 0.2) is 0 Å². The van der Waals surface area contributed by atoms with Crippen molar-refractivity contribution in [1.29, 1.82) is 0 Å². The van der Waals surface area contributed by atoms with Crippen LogP contribution in [0.25, 0.3) is 0 Å². The van der Waals surface area contributed by atoms with Gasteiger partial charge in [-0.05, 0) is 23.6 Å². The van der Waals surface area contributed by atoms with Gasteiger partial charge >= 0.3 is 5.97 Å². The van der Waals surface area contributed by atoms with Gasteiger partial charge in [0.1, 0.15) is 0 Å². The number of hydrogen-bond donors (Lipinski definition) is 0. The molecule has 0 spiro atoms. The normalized spacial score (nSPS) is 10.1. The number of hydrogen-bond acceptors (Lipinski definition) is 2. The molecule has 0 N–H and O–H groups in total. The zero-order valence-electron chi connectivity index (χ0n) is 8.43. The first-order valence-corrected chi connectivity index (χ1v) is 6.08. The second kappa shape index (κ2) is 6.13. The molecule has 0 aliphatic heterocycles. The van der Waals surface area contributed by atoms with Crippen LogP contribution in [0.1, 0.15) is 11.1 Å². The third kappa shape index (κ3) is 3.50. The molecule has 0 saturated heterocycles. The number of rotatable bonds is 4. The van der Waals surface area contributed by atoms with Gasteiger partial charge in [0.25, 0.3) is 0 Å².